The number of carbonyl (C=O) groups excluding carboxylic acids is 1. The molecule has 0 aliphatic rings. The second kappa shape index (κ2) is 7.24. The summed E-state index contributed by atoms with van der Waals surface area (Å²) in [5, 5.41) is 9.65. The number of likely N-dealkylation sites (N-methyl/N-ethyl adjacent to an activating group) is 1. The smallest absolute Gasteiger partial charge is 0.256 e. The van der Waals surface area contributed by atoms with Crippen LogP contribution in [-0.4, -0.2) is 30.7 Å². The molecule has 0 saturated carbocycles. The Morgan fingerprint density at radius 1 is 1.38 bits per heavy atom. The summed E-state index contributed by atoms with van der Waals surface area (Å²) in [6.45, 7) is 7.80. The molecular formula is C10H18ClN3O2. The van der Waals surface area contributed by atoms with E-state index in [0.29, 0.717) is 23.6 Å². The van der Waals surface area contributed by atoms with Crippen LogP contribution in [0.5, 0.6) is 0 Å². The molecule has 0 unspecified atom stereocenters. The third kappa shape index (κ3) is 3.83. The minimum atomic E-state index is -0.121. The number of hydrogen-bond donors (Lipinski definition) is 2. The Morgan fingerprint density at radius 3 is 2.56 bits per heavy atom. The van der Waals surface area contributed by atoms with Gasteiger partial charge in [-0.2, -0.15) is 0 Å². The van der Waals surface area contributed by atoms with Crippen molar-refractivity contribution in [1.82, 2.24) is 15.8 Å². The van der Waals surface area contributed by atoms with Crippen molar-refractivity contribution < 1.29 is 9.32 Å². The summed E-state index contributed by atoms with van der Waals surface area (Å²) in [6.07, 6.45) is 0. The van der Waals surface area contributed by atoms with Gasteiger partial charge in [0.1, 0.15) is 11.3 Å². The van der Waals surface area contributed by atoms with Gasteiger partial charge in [-0.25, -0.2) is 0 Å². The van der Waals surface area contributed by atoms with Gasteiger partial charge in [0.25, 0.3) is 5.91 Å². The van der Waals surface area contributed by atoms with Crippen LogP contribution in [0.4, 0.5) is 0 Å². The zero-order valence-electron chi connectivity index (χ0n) is 9.79. The predicted molar refractivity (Wildman–Crippen MR) is 64.1 cm³/mol. The monoisotopic (exact) mass is 247 g/mol. The normalized spacial score (nSPS) is 9.69. The number of aromatic nitrogens is 1. The number of amides is 1. The van der Waals surface area contributed by atoms with E-state index in [9.17, 15) is 4.79 Å². The summed E-state index contributed by atoms with van der Waals surface area (Å²) in [5.74, 6) is 0.442. The van der Waals surface area contributed by atoms with Crippen molar-refractivity contribution in [2.45, 2.75) is 20.8 Å². The highest BCUT2D eigenvalue weighted by atomic mass is 35.5. The maximum Gasteiger partial charge on any atom is 0.256 e. The van der Waals surface area contributed by atoms with Crippen molar-refractivity contribution in [2.75, 3.05) is 19.6 Å². The number of nitrogens with zero attached hydrogens (tertiary/aromatic N) is 1. The van der Waals surface area contributed by atoms with Crippen molar-refractivity contribution >= 4 is 18.3 Å². The van der Waals surface area contributed by atoms with Gasteiger partial charge in [0.15, 0.2) is 0 Å². The van der Waals surface area contributed by atoms with Crippen LogP contribution < -0.4 is 10.6 Å². The van der Waals surface area contributed by atoms with Gasteiger partial charge in [-0.1, -0.05) is 12.1 Å². The molecule has 0 aliphatic heterocycles. The van der Waals surface area contributed by atoms with E-state index in [0.717, 1.165) is 13.1 Å². The SMILES string of the molecule is CCNCCNC(=O)c1c(C)noc1C.Cl. The van der Waals surface area contributed by atoms with Gasteiger partial charge >= 0.3 is 0 Å². The van der Waals surface area contributed by atoms with Crippen LogP contribution in [0.25, 0.3) is 0 Å². The Balaban J connectivity index is 0.00000225. The maximum atomic E-state index is 11.7. The molecule has 0 atom stereocenters. The molecule has 0 bridgehead atoms. The molecule has 1 rings (SSSR count). The van der Waals surface area contributed by atoms with Crippen LogP contribution in [0.2, 0.25) is 0 Å². The molecule has 92 valence electrons. The topological polar surface area (TPSA) is 67.2 Å². The highest BCUT2D eigenvalue weighted by Crippen LogP contribution is 2.11. The van der Waals surface area contributed by atoms with Crippen LogP contribution in [0.15, 0.2) is 4.52 Å². The summed E-state index contributed by atoms with van der Waals surface area (Å²) in [5.41, 5.74) is 1.18. The average Bonchev–Trinajstić information content (AvgIpc) is 2.53. The Kier molecular flexibility index (Phi) is 6.76. The van der Waals surface area contributed by atoms with Gasteiger partial charge in [-0.15, -0.1) is 12.4 Å². The predicted octanol–water partition coefficient (Wildman–Crippen LogP) is 1.05. The van der Waals surface area contributed by atoms with Gasteiger partial charge in [-0.05, 0) is 20.4 Å². The first-order chi connectivity index (χ1) is 7.16. The molecule has 0 radical (unpaired) electrons. The van der Waals surface area contributed by atoms with Crippen LogP contribution in [0, 0.1) is 13.8 Å². The molecule has 16 heavy (non-hydrogen) atoms. The van der Waals surface area contributed by atoms with Crippen LogP contribution in [0.1, 0.15) is 28.7 Å². The molecule has 0 aromatic carbocycles. The van der Waals surface area contributed by atoms with Crippen molar-refractivity contribution in [2.24, 2.45) is 0 Å². The lowest BCUT2D eigenvalue weighted by molar-refractivity contribution is 0.0952. The lowest BCUT2D eigenvalue weighted by Gasteiger charge is -2.04. The second-order valence-electron chi connectivity index (χ2n) is 3.31. The molecule has 0 saturated heterocycles. The summed E-state index contributed by atoms with van der Waals surface area (Å²) < 4.78 is 4.92. The number of hydrogen-bond acceptors (Lipinski definition) is 4. The molecule has 1 heterocycles. The van der Waals surface area contributed by atoms with E-state index >= 15 is 0 Å². The first-order valence-corrected chi connectivity index (χ1v) is 5.08. The fourth-order valence-electron chi connectivity index (χ4n) is 1.34. The zero-order valence-corrected chi connectivity index (χ0v) is 10.6. The first-order valence-electron chi connectivity index (χ1n) is 5.08. The summed E-state index contributed by atoms with van der Waals surface area (Å²) in [4.78, 5) is 11.7. The van der Waals surface area contributed by atoms with E-state index < -0.39 is 0 Å². The van der Waals surface area contributed by atoms with Crippen LogP contribution in [-0.2, 0) is 0 Å². The van der Waals surface area contributed by atoms with Crippen molar-refractivity contribution in [3.05, 3.63) is 17.0 Å². The third-order valence-electron chi connectivity index (χ3n) is 2.10. The molecule has 0 spiro atoms. The van der Waals surface area contributed by atoms with Gasteiger partial charge in [0.05, 0.1) is 5.69 Å². The Bertz CT molecular complexity index is 319. The average molecular weight is 248 g/mol. The minimum Gasteiger partial charge on any atom is -0.361 e. The summed E-state index contributed by atoms with van der Waals surface area (Å²) in [6, 6.07) is 0. The molecule has 6 heteroatoms. The van der Waals surface area contributed by atoms with Gasteiger partial charge in [-0.3, -0.25) is 4.79 Å². The second-order valence-corrected chi connectivity index (χ2v) is 3.31. The van der Waals surface area contributed by atoms with Gasteiger partial charge in [0, 0.05) is 13.1 Å². The quantitative estimate of drug-likeness (QED) is 0.764. The van der Waals surface area contributed by atoms with Crippen molar-refractivity contribution in [3.8, 4) is 0 Å². The fraction of sp³-hybridized carbons (Fsp3) is 0.600. The van der Waals surface area contributed by atoms with Crippen LogP contribution in [0.3, 0.4) is 0 Å². The van der Waals surface area contributed by atoms with E-state index in [-0.39, 0.29) is 18.3 Å². The van der Waals surface area contributed by atoms with Gasteiger partial charge in [0.2, 0.25) is 0 Å². The molecule has 1 aromatic rings. The molecule has 1 amide bonds. The largest absolute Gasteiger partial charge is 0.361 e. The third-order valence-corrected chi connectivity index (χ3v) is 2.10. The minimum absolute atomic E-state index is 0. The number of halogens is 1. The number of aryl methyl sites for hydroxylation is 2. The lowest BCUT2D eigenvalue weighted by atomic mass is 10.2. The van der Waals surface area contributed by atoms with Crippen LogP contribution >= 0.6 is 12.4 Å². The summed E-state index contributed by atoms with van der Waals surface area (Å²) >= 11 is 0. The molecule has 1 aromatic heterocycles. The Labute approximate surface area is 101 Å². The fourth-order valence-corrected chi connectivity index (χ4v) is 1.34. The van der Waals surface area contributed by atoms with Crippen molar-refractivity contribution in [3.63, 3.8) is 0 Å². The first kappa shape index (κ1) is 14.9. The molecule has 2 N–H and O–H groups in total. The molecule has 0 fully saturated rings. The number of carbonyl (C=O) groups is 1. The maximum absolute atomic E-state index is 11.7. The standard InChI is InChI=1S/C10H17N3O2.ClH/c1-4-11-5-6-12-10(14)9-7(2)13-15-8(9)3;/h11H,4-6H2,1-3H3,(H,12,14);1H. The molecular weight excluding hydrogens is 230 g/mol. The highest BCUT2D eigenvalue weighted by molar-refractivity contribution is 5.96. The summed E-state index contributed by atoms with van der Waals surface area (Å²) in [7, 11) is 0. The Morgan fingerprint density at radius 2 is 2.06 bits per heavy atom. The Hall–Kier alpha value is -1.07. The van der Waals surface area contributed by atoms with Crippen molar-refractivity contribution in [1.29, 1.82) is 0 Å². The lowest BCUT2D eigenvalue weighted by Crippen LogP contribution is -2.32. The zero-order chi connectivity index (χ0) is 11.3. The van der Waals surface area contributed by atoms with E-state index in [1.165, 1.54) is 0 Å². The van der Waals surface area contributed by atoms with E-state index in [4.69, 9.17) is 4.52 Å². The van der Waals surface area contributed by atoms with E-state index in [2.05, 4.69) is 15.8 Å². The number of nitrogens with one attached hydrogen (secondary N) is 2. The van der Waals surface area contributed by atoms with E-state index in [1.807, 2.05) is 6.92 Å². The molecule has 0 aliphatic carbocycles. The highest BCUT2D eigenvalue weighted by Gasteiger charge is 2.16. The van der Waals surface area contributed by atoms with E-state index in [1.54, 1.807) is 13.8 Å². The number of rotatable bonds is 5. The molecule has 5 nitrogen and oxygen atoms in total. The van der Waals surface area contributed by atoms with Gasteiger partial charge < -0.3 is 15.2 Å².